The molecule has 162 valence electrons. The quantitative estimate of drug-likeness (QED) is 0.508. The molecule has 1 heterocycles. The highest BCUT2D eigenvalue weighted by Gasteiger charge is 2.16. The van der Waals surface area contributed by atoms with Crippen molar-refractivity contribution in [1.82, 2.24) is 10.6 Å². The third-order valence-corrected chi connectivity index (χ3v) is 4.82. The maximum Gasteiger partial charge on any atom is 0.190 e. The molecule has 0 amide bonds. The smallest absolute Gasteiger partial charge is 0.190 e. The highest BCUT2D eigenvalue weighted by atomic mass is 19.1. The van der Waals surface area contributed by atoms with E-state index in [1.165, 1.54) is 12.1 Å². The number of hydrogen-bond acceptors (Lipinski definition) is 5. The van der Waals surface area contributed by atoms with Crippen LogP contribution in [-0.2, 0) is 24.2 Å². The van der Waals surface area contributed by atoms with Crippen molar-refractivity contribution >= 4 is 5.96 Å². The molecule has 7 nitrogen and oxygen atoms in total. The average molecular weight is 417 g/mol. The van der Waals surface area contributed by atoms with E-state index in [9.17, 15) is 4.39 Å². The first-order valence-electron chi connectivity index (χ1n) is 9.82. The average Bonchev–Trinajstić information content (AvgIpc) is 2.77. The number of hydrogen-bond donors (Lipinski definition) is 2. The molecule has 1 aliphatic heterocycles. The minimum atomic E-state index is -0.282. The zero-order valence-electron chi connectivity index (χ0n) is 17.6. The Morgan fingerprint density at radius 2 is 1.83 bits per heavy atom. The second kappa shape index (κ2) is 10.7. The summed E-state index contributed by atoms with van der Waals surface area (Å²) >= 11 is 0. The number of benzene rings is 2. The topological polar surface area (TPSA) is 73.3 Å². The summed E-state index contributed by atoms with van der Waals surface area (Å²) in [6.45, 7) is 1.85. The Kier molecular flexibility index (Phi) is 7.73. The van der Waals surface area contributed by atoms with Crippen molar-refractivity contribution in [1.29, 1.82) is 0 Å². The summed E-state index contributed by atoms with van der Waals surface area (Å²) in [4.78, 5) is 4.24. The highest BCUT2D eigenvalue weighted by Crippen LogP contribution is 2.29. The summed E-state index contributed by atoms with van der Waals surface area (Å²) in [5.74, 6) is 2.55. The predicted octanol–water partition coefficient (Wildman–Crippen LogP) is 2.66. The molecule has 30 heavy (non-hydrogen) atoms. The van der Waals surface area contributed by atoms with Crippen LogP contribution in [-0.4, -0.2) is 47.1 Å². The van der Waals surface area contributed by atoms with Crippen molar-refractivity contribution in [3.8, 4) is 17.2 Å². The van der Waals surface area contributed by atoms with Gasteiger partial charge in [0.2, 0.25) is 0 Å². The number of rotatable bonds is 8. The fourth-order valence-electron chi connectivity index (χ4n) is 3.34. The molecule has 3 rings (SSSR count). The van der Waals surface area contributed by atoms with Crippen molar-refractivity contribution in [3.63, 3.8) is 0 Å². The second-order valence-corrected chi connectivity index (χ2v) is 6.78. The van der Waals surface area contributed by atoms with E-state index in [0.717, 1.165) is 28.9 Å². The maximum atomic E-state index is 13.9. The molecule has 0 atom stereocenters. The minimum absolute atomic E-state index is 0.193. The fraction of sp³-hybridized carbons (Fsp3) is 0.409. The van der Waals surface area contributed by atoms with Crippen molar-refractivity contribution in [2.24, 2.45) is 4.99 Å². The first-order chi connectivity index (χ1) is 14.6. The zero-order chi connectivity index (χ0) is 21.3. The molecule has 2 aromatic rings. The van der Waals surface area contributed by atoms with Gasteiger partial charge in [0.25, 0.3) is 0 Å². The van der Waals surface area contributed by atoms with E-state index in [2.05, 4.69) is 15.6 Å². The number of methoxy groups -OCH3 is 2. The first kappa shape index (κ1) is 21.7. The van der Waals surface area contributed by atoms with Crippen LogP contribution in [0.4, 0.5) is 4.39 Å². The van der Waals surface area contributed by atoms with Gasteiger partial charge in [-0.1, -0.05) is 6.07 Å². The summed E-state index contributed by atoms with van der Waals surface area (Å²) < 4.78 is 35.2. The zero-order valence-corrected chi connectivity index (χ0v) is 17.6. The van der Waals surface area contributed by atoms with Gasteiger partial charge in [0.1, 0.15) is 11.6 Å². The van der Waals surface area contributed by atoms with Gasteiger partial charge in [-0.05, 0) is 48.2 Å². The van der Waals surface area contributed by atoms with Gasteiger partial charge >= 0.3 is 0 Å². The molecule has 8 heteroatoms. The van der Waals surface area contributed by atoms with E-state index in [4.69, 9.17) is 18.9 Å². The van der Waals surface area contributed by atoms with Crippen molar-refractivity contribution < 1.29 is 23.3 Å². The predicted molar refractivity (Wildman–Crippen MR) is 113 cm³/mol. The van der Waals surface area contributed by atoms with Crippen LogP contribution in [0.15, 0.2) is 35.3 Å². The number of nitrogens with zero attached hydrogens (tertiary/aromatic N) is 1. The number of aliphatic imine (C=N–C) groups is 1. The molecular weight excluding hydrogens is 389 g/mol. The van der Waals surface area contributed by atoms with Gasteiger partial charge in [-0.25, -0.2) is 4.39 Å². The molecule has 2 aromatic carbocycles. The van der Waals surface area contributed by atoms with Crippen LogP contribution in [0, 0.1) is 5.82 Å². The molecule has 0 saturated heterocycles. The SMILES string of the molecule is CN=C(NCCc1ccc(OC)c(OC)c1)NCCc1cc(F)cc2c1OCOC2. The number of ether oxygens (including phenoxy) is 4. The Labute approximate surface area is 176 Å². The van der Waals surface area contributed by atoms with Crippen molar-refractivity contribution in [2.75, 3.05) is 41.1 Å². The molecule has 0 radical (unpaired) electrons. The summed E-state index contributed by atoms with van der Waals surface area (Å²) in [5, 5.41) is 6.54. The summed E-state index contributed by atoms with van der Waals surface area (Å²) in [6, 6.07) is 8.84. The van der Waals surface area contributed by atoms with Gasteiger partial charge in [0, 0.05) is 25.7 Å². The van der Waals surface area contributed by atoms with Crippen LogP contribution in [0.5, 0.6) is 17.2 Å². The summed E-state index contributed by atoms with van der Waals surface area (Å²) in [7, 11) is 4.96. The van der Waals surface area contributed by atoms with Gasteiger partial charge < -0.3 is 29.6 Å². The first-order valence-corrected chi connectivity index (χ1v) is 9.82. The van der Waals surface area contributed by atoms with E-state index >= 15 is 0 Å². The molecule has 0 saturated carbocycles. The van der Waals surface area contributed by atoms with E-state index in [0.29, 0.717) is 43.6 Å². The van der Waals surface area contributed by atoms with Crippen LogP contribution in [0.3, 0.4) is 0 Å². The lowest BCUT2D eigenvalue weighted by molar-refractivity contribution is -0.0172. The van der Waals surface area contributed by atoms with E-state index in [-0.39, 0.29) is 12.6 Å². The van der Waals surface area contributed by atoms with Gasteiger partial charge in [-0.15, -0.1) is 0 Å². The molecular formula is C22H28FN3O4. The number of halogens is 1. The third-order valence-electron chi connectivity index (χ3n) is 4.82. The molecule has 0 fully saturated rings. The minimum Gasteiger partial charge on any atom is -0.493 e. The van der Waals surface area contributed by atoms with E-state index in [1.807, 2.05) is 18.2 Å². The highest BCUT2D eigenvalue weighted by molar-refractivity contribution is 5.79. The molecule has 1 aliphatic rings. The summed E-state index contributed by atoms with van der Waals surface area (Å²) in [5.41, 5.74) is 2.69. The monoisotopic (exact) mass is 417 g/mol. The van der Waals surface area contributed by atoms with E-state index in [1.54, 1.807) is 21.3 Å². The van der Waals surface area contributed by atoms with Gasteiger partial charge in [0.05, 0.1) is 20.8 Å². The largest absolute Gasteiger partial charge is 0.493 e. The Hall–Kier alpha value is -3.00. The van der Waals surface area contributed by atoms with Gasteiger partial charge in [-0.3, -0.25) is 4.99 Å². The lowest BCUT2D eigenvalue weighted by Gasteiger charge is -2.21. The van der Waals surface area contributed by atoms with Crippen LogP contribution in [0.2, 0.25) is 0 Å². The number of fused-ring (bicyclic) bond motifs is 1. The second-order valence-electron chi connectivity index (χ2n) is 6.78. The van der Waals surface area contributed by atoms with Gasteiger partial charge in [0.15, 0.2) is 24.3 Å². The lowest BCUT2D eigenvalue weighted by atomic mass is 10.1. The Balaban J connectivity index is 1.48. The Bertz CT molecular complexity index is 889. The summed E-state index contributed by atoms with van der Waals surface area (Å²) in [6.07, 6.45) is 1.41. The van der Waals surface area contributed by atoms with Crippen LogP contribution in [0.25, 0.3) is 0 Å². The van der Waals surface area contributed by atoms with E-state index < -0.39 is 0 Å². The van der Waals surface area contributed by atoms with Crippen LogP contribution < -0.4 is 24.8 Å². The Morgan fingerprint density at radius 1 is 1.07 bits per heavy atom. The standard InChI is InChI=1S/C22H28FN3O4/c1-24-22(25-8-6-15-4-5-19(27-2)20(10-15)28-3)26-9-7-16-11-18(23)12-17-13-29-14-30-21(16)17/h4-5,10-12H,6-9,13-14H2,1-3H3,(H2,24,25,26). The molecule has 0 aromatic heterocycles. The van der Waals surface area contributed by atoms with Crippen LogP contribution >= 0.6 is 0 Å². The lowest BCUT2D eigenvalue weighted by Crippen LogP contribution is -2.39. The molecule has 2 N–H and O–H groups in total. The third kappa shape index (κ3) is 5.54. The normalized spacial score (nSPS) is 13.3. The fourth-order valence-corrected chi connectivity index (χ4v) is 3.34. The molecule has 0 bridgehead atoms. The van der Waals surface area contributed by atoms with Crippen LogP contribution in [0.1, 0.15) is 16.7 Å². The molecule has 0 spiro atoms. The van der Waals surface area contributed by atoms with Gasteiger partial charge in [-0.2, -0.15) is 0 Å². The number of nitrogens with one attached hydrogen (secondary N) is 2. The van der Waals surface area contributed by atoms with Crippen molar-refractivity contribution in [2.45, 2.75) is 19.4 Å². The Morgan fingerprint density at radius 3 is 2.57 bits per heavy atom. The molecule has 0 aliphatic carbocycles. The maximum absolute atomic E-state index is 13.9. The number of guanidine groups is 1. The van der Waals surface area contributed by atoms with Crippen molar-refractivity contribution in [3.05, 3.63) is 52.8 Å². The molecule has 0 unspecified atom stereocenters.